The first-order valence-electron chi connectivity index (χ1n) is 26.9. The van der Waals surface area contributed by atoms with E-state index in [-0.39, 0.29) is 0 Å². The van der Waals surface area contributed by atoms with Crippen LogP contribution in [-0.2, 0) is 0 Å². The Kier molecular flexibility index (Phi) is 14.9. The zero-order valence-corrected chi connectivity index (χ0v) is 48.4. The van der Waals surface area contributed by atoms with E-state index in [9.17, 15) is 0 Å². The summed E-state index contributed by atoms with van der Waals surface area (Å²) in [6.07, 6.45) is 0. The molecule has 0 unspecified atom stereocenters. The quantitative estimate of drug-likeness (QED) is 0.0884. The van der Waals surface area contributed by atoms with Crippen molar-refractivity contribution in [1.29, 1.82) is 0 Å². The fraction of sp³-hybridized carbons (Fsp3) is 0. The van der Waals surface area contributed by atoms with E-state index in [1.807, 2.05) is 0 Å². The molecule has 6 heteroatoms. The molecule has 0 N–H and O–H groups in total. The highest BCUT2D eigenvalue weighted by molar-refractivity contribution is 6.44. The van der Waals surface area contributed by atoms with Gasteiger partial charge < -0.3 is 0 Å². The number of hydrogen-bond donors (Lipinski definition) is 0. The first kappa shape index (κ1) is 53.2. The Hall–Kier alpha value is -8.14. The van der Waals surface area contributed by atoms with Gasteiger partial charge in [0.15, 0.2) is 0 Å². The highest BCUT2D eigenvalue weighted by atomic mass is 35.5. The Morgan fingerprint density at radius 1 is 0.171 bits per heavy atom. The van der Waals surface area contributed by atoms with E-state index >= 15 is 0 Å². The van der Waals surface area contributed by atoms with Crippen LogP contribution >= 0.6 is 69.6 Å². The molecular weight excluding hydrogens is 1130 g/mol. The maximum Gasteiger partial charge on any atom is 0.0607 e. The van der Waals surface area contributed by atoms with Crippen LogP contribution in [0.2, 0.25) is 30.1 Å². The Morgan fingerprint density at radius 3 is 0.744 bits per heavy atom. The molecule has 15 rings (SSSR count). The molecule has 15 aromatic rings. The molecule has 0 aliphatic heterocycles. The van der Waals surface area contributed by atoms with Crippen molar-refractivity contribution < 1.29 is 0 Å². The van der Waals surface area contributed by atoms with Gasteiger partial charge in [-0.2, -0.15) is 0 Å². The third-order valence-electron chi connectivity index (χ3n) is 15.3. The molecule has 0 heterocycles. The lowest BCUT2D eigenvalue weighted by atomic mass is 9.76. The van der Waals surface area contributed by atoms with Gasteiger partial charge in [-0.25, -0.2) is 0 Å². The summed E-state index contributed by atoms with van der Waals surface area (Å²) in [6.45, 7) is 0. The fourth-order valence-electron chi connectivity index (χ4n) is 11.9. The van der Waals surface area contributed by atoms with Crippen LogP contribution < -0.4 is 0 Å². The Morgan fingerprint density at radius 2 is 0.451 bits per heavy atom. The number of rotatable bonds is 6. The van der Waals surface area contributed by atoms with E-state index in [0.29, 0.717) is 30.1 Å². The molecule has 15 aromatic carbocycles. The van der Waals surface area contributed by atoms with Crippen molar-refractivity contribution in [3.8, 4) is 66.8 Å². The average molecular weight is 1170 g/mol. The maximum atomic E-state index is 5.60. The van der Waals surface area contributed by atoms with Gasteiger partial charge in [0, 0.05) is 10.0 Å². The minimum absolute atomic E-state index is 0.490. The number of halogens is 6. The Balaban J connectivity index is 0.000000300. The first-order valence-corrected chi connectivity index (χ1v) is 29.1. The molecule has 0 atom stereocenters. The van der Waals surface area contributed by atoms with Gasteiger partial charge in [0.05, 0.1) is 20.1 Å². The van der Waals surface area contributed by atoms with Crippen molar-refractivity contribution in [2.45, 2.75) is 0 Å². The van der Waals surface area contributed by atoms with E-state index in [1.54, 1.807) is 36.4 Å². The smallest absolute Gasteiger partial charge is 0.0607 e. The minimum Gasteiger partial charge on any atom is -0.0843 e. The number of hydrogen-bond acceptors (Lipinski definition) is 0. The lowest BCUT2D eigenvalue weighted by Gasteiger charge is -2.27. The monoisotopic (exact) mass is 1170 g/mol. The second kappa shape index (κ2) is 23.0. The molecule has 0 bridgehead atoms. The van der Waals surface area contributed by atoms with Crippen LogP contribution in [-0.4, -0.2) is 0 Å². The van der Waals surface area contributed by atoms with Crippen LogP contribution in [0.1, 0.15) is 0 Å². The van der Waals surface area contributed by atoms with Gasteiger partial charge in [-0.3, -0.25) is 0 Å². The molecular formula is C76H46Cl6. The van der Waals surface area contributed by atoms with Crippen LogP contribution in [0, 0.1) is 0 Å². The van der Waals surface area contributed by atoms with E-state index in [0.717, 1.165) is 0 Å². The van der Waals surface area contributed by atoms with Crippen molar-refractivity contribution in [2.24, 2.45) is 0 Å². The zero-order chi connectivity index (χ0) is 55.8. The van der Waals surface area contributed by atoms with Crippen molar-refractivity contribution in [1.82, 2.24) is 0 Å². The van der Waals surface area contributed by atoms with Gasteiger partial charge in [-0.1, -0.05) is 300 Å². The minimum atomic E-state index is 0.490. The van der Waals surface area contributed by atoms with Crippen LogP contribution in [0.5, 0.6) is 0 Å². The van der Waals surface area contributed by atoms with Gasteiger partial charge in [0.2, 0.25) is 0 Å². The zero-order valence-electron chi connectivity index (χ0n) is 43.8. The van der Waals surface area contributed by atoms with Gasteiger partial charge in [0.25, 0.3) is 0 Å². The van der Waals surface area contributed by atoms with Crippen molar-refractivity contribution >= 4 is 134 Å². The summed E-state index contributed by atoms with van der Waals surface area (Å²) in [6, 6.07) is 100.0. The molecule has 0 saturated carbocycles. The first-order chi connectivity index (χ1) is 40.2. The summed E-state index contributed by atoms with van der Waals surface area (Å²) in [7, 11) is 0. The van der Waals surface area contributed by atoms with Crippen molar-refractivity contribution in [3.63, 3.8) is 0 Å². The summed E-state index contributed by atoms with van der Waals surface area (Å²) in [5.74, 6) is 0. The predicted molar refractivity (Wildman–Crippen MR) is 358 cm³/mol. The SMILES string of the molecule is Clc1ccc(Cl)c(Cl)c1.Clc1ccc(Cl)c(Cl)c1.c1ccc(-c2c(-c3ccccc3)c(-c3ccccc3)c3cc4c(-c5ccccc5)c5c6cccc7ccc8cccc(c5c(-c5ccccc5)c4cc3c2-c2ccccc2)c8c76)cc1. The molecule has 0 radical (unpaired) electrons. The Bertz CT molecular complexity index is 4510. The summed E-state index contributed by atoms with van der Waals surface area (Å²) < 4.78 is 0. The molecule has 0 aromatic heterocycles. The van der Waals surface area contributed by atoms with Crippen molar-refractivity contribution in [2.75, 3.05) is 0 Å². The van der Waals surface area contributed by atoms with E-state index in [1.165, 1.54) is 131 Å². The molecule has 392 valence electrons. The van der Waals surface area contributed by atoms with Gasteiger partial charge in [-0.15, -0.1) is 0 Å². The Labute approximate surface area is 506 Å². The third kappa shape index (κ3) is 9.91. The molecule has 0 amide bonds. The topological polar surface area (TPSA) is 0 Å². The van der Waals surface area contributed by atoms with Crippen LogP contribution in [0.3, 0.4) is 0 Å². The normalized spacial score (nSPS) is 11.3. The third-order valence-corrected chi connectivity index (χ3v) is 17.2. The van der Waals surface area contributed by atoms with Crippen LogP contribution in [0.4, 0.5) is 0 Å². The summed E-state index contributed by atoms with van der Waals surface area (Å²) in [5.41, 5.74) is 14.6. The second-order valence-corrected chi connectivity index (χ2v) is 22.6. The predicted octanol–water partition coefficient (Wildman–Crippen LogP) is 25.3. The summed E-state index contributed by atoms with van der Waals surface area (Å²) >= 11 is 33.5. The largest absolute Gasteiger partial charge is 0.0843 e. The van der Waals surface area contributed by atoms with Crippen molar-refractivity contribution in [3.05, 3.63) is 309 Å². The number of benzene rings is 15. The second-order valence-electron chi connectivity index (χ2n) is 20.1. The lowest BCUT2D eigenvalue weighted by Crippen LogP contribution is -1.99. The summed E-state index contributed by atoms with van der Waals surface area (Å²) in [5, 5.41) is 18.5. The molecule has 0 fully saturated rings. The molecule has 82 heavy (non-hydrogen) atoms. The van der Waals surface area contributed by atoms with E-state index in [2.05, 4.69) is 243 Å². The van der Waals surface area contributed by atoms with Crippen LogP contribution in [0.15, 0.2) is 279 Å². The summed E-state index contributed by atoms with van der Waals surface area (Å²) in [4.78, 5) is 0. The molecule has 0 aliphatic rings. The van der Waals surface area contributed by atoms with Crippen LogP contribution in [0.25, 0.3) is 131 Å². The fourth-order valence-corrected chi connectivity index (χ4v) is 13.0. The van der Waals surface area contributed by atoms with Gasteiger partial charge >= 0.3 is 0 Å². The molecule has 0 saturated heterocycles. The highest BCUT2D eigenvalue weighted by Gasteiger charge is 2.28. The lowest BCUT2D eigenvalue weighted by molar-refractivity contribution is 1.57. The molecule has 0 aliphatic carbocycles. The molecule has 0 spiro atoms. The maximum absolute atomic E-state index is 5.60. The standard InChI is InChI=1S/C64H40.2C6H3Cl3/c1-7-21-41(22-8-1)57-51-39-53-54(40-52(51)58(42-23-9-2-10-24-42)62(46-31-17-6-18-32-46)61(57)45-29-15-5-16-30-45)60(44-27-13-4-14-28-44)64-50-36-20-34-48-38-37-47-33-19-35-49(55(47)56(48)50)63(64)59(53)43-25-11-3-12-26-43;2*7-4-1-2-5(8)6(9)3-4/h1-40H;2*1-3H. The average Bonchev–Trinajstić information content (AvgIpc) is 0.897. The van der Waals surface area contributed by atoms with E-state index < -0.39 is 0 Å². The van der Waals surface area contributed by atoms with Gasteiger partial charge in [0.1, 0.15) is 0 Å². The van der Waals surface area contributed by atoms with Gasteiger partial charge in [-0.05, 0) is 180 Å². The molecule has 0 nitrogen and oxygen atoms in total. The highest BCUT2D eigenvalue weighted by Crippen LogP contribution is 2.56. The van der Waals surface area contributed by atoms with E-state index in [4.69, 9.17) is 69.6 Å². The number of fused-ring (bicyclic) bond motifs is 5.